The average Bonchev–Trinajstić information content (AvgIpc) is 3.09. The van der Waals surface area contributed by atoms with Gasteiger partial charge in [-0.1, -0.05) is 0 Å². The lowest BCUT2D eigenvalue weighted by molar-refractivity contribution is 0.160. The van der Waals surface area contributed by atoms with Gasteiger partial charge in [-0.15, -0.1) is 0 Å². The molecule has 1 aliphatic rings. The Hall–Kier alpha value is -3.22. The summed E-state index contributed by atoms with van der Waals surface area (Å²) in [6, 6.07) is 11.9. The number of alkyl halides is 1. The van der Waals surface area contributed by atoms with Crippen molar-refractivity contribution in [2.45, 2.75) is 25.4 Å². The molecule has 5 rings (SSSR count). The Morgan fingerprint density at radius 2 is 2.11 bits per heavy atom. The number of anilines is 3. The van der Waals surface area contributed by atoms with Crippen molar-refractivity contribution in [1.82, 2.24) is 20.2 Å². The molecule has 0 aliphatic carbocycles. The fraction of sp³-hybridized carbons (Fsp3) is 0.286. The smallest absolute Gasteiger partial charge is 0.178 e. The SMILES string of the molecule is CC1(F)CCCN(c2nccc3cc(Nc4n[nH]c5cccnc45)ccc23)C1. The van der Waals surface area contributed by atoms with Gasteiger partial charge < -0.3 is 10.2 Å². The number of nitrogens with one attached hydrogen (secondary N) is 2. The van der Waals surface area contributed by atoms with Crippen LogP contribution < -0.4 is 10.2 Å². The quantitative estimate of drug-likeness (QED) is 0.548. The number of aromatic nitrogens is 4. The van der Waals surface area contributed by atoms with Gasteiger partial charge in [-0.2, -0.15) is 5.10 Å². The summed E-state index contributed by atoms with van der Waals surface area (Å²) in [6.45, 7) is 2.88. The Kier molecular flexibility index (Phi) is 3.89. The molecule has 0 saturated carbocycles. The zero-order valence-electron chi connectivity index (χ0n) is 15.6. The summed E-state index contributed by atoms with van der Waals surface area (Å²) in [5, 5.41) is 12.7. The van der Waals surface area contributed by atoms with Gasteiger partial charge in [0.15, 0.2) is 5.82 Å². The molecule has 4 aromatic rings. The van der Waals surface area contributed by atoms with Crippen molar-refractivity contribution in [2.75, 3.05) is 23.3 Å². The summed E-state index contributed by atoms with van der Waals surface area (Å²) < 4.78 is 14.5. The molecule has 0 bridgehead atoms. The van der Waals surface area contributed by atoms with Crippen LogP contribution in [0.2, 0.25) is 0 Å². The van der Waals surface area contributed by atoms with E-state index in [1.54, 1.807) is 19.3 Å². The highest BCUT2D eigenvalue weighted by Crippen LogP contribution is 2.33. The molecule has 4 heterocycles. The second-order valence-electron chi connectivity index (χ2n) is 7.61. The van der Waals surface area contributed by atoms with Crippen molar-refractivity contribution in [3.63, 3.8) is 0 Å². The third-order valence-corrected chi connectivity index (χ3v) is 5.27. The zero-order chi connectivity index (χ0) is 19.1. The van der Waals surface area contributed by atoms with Crippen LogP contribution in [0.1, 0.15) is 19.8 Å². The number of benzene rings is 1. The minimum absolute atomic E-state index is 0.379. The largest absolute Gasteiger partial charge is 0.353 e. The third kappa shape index (κ3) is 3.02. The van der Waals surface area contributed by atoms with Gasteiger partial charge in [0, 0.05) is 30.0 Å². The standard InChI is InChI=1S/C21H21FN6/c1-21(22)8-3-11-28(13-21)20-16-6-5-15(12-14(16)7-10-24-20)25-19-18-17(26-27-19)4-2-9-23-18/h2,4-7,9-10,12H,3,8,11,13H2,1H3,(H2,25,26,27). The van der Waals surface area contributed by atoms with Crippen molar-refractivity contribution < 1.29 is 4.39 Å². The highest BCUT2D eigenvalue weighted by molar-refractivity contribution is 5.95. The minimum Gasteiger partial charge on any atom is -0.353 e. The Bertz CT molecular complexity index is 1150. The topological polar surface area (TPSA) is 69.7 Å². The van der Waals surface area contributed by atoms with E-state index in [4.69, 9.17) is 0 Å². The van der Waals surface area contributed by atoms with Crippen LogP contribution in [0.5, 0.6) is 0 Å². The van der Waals surface area contributed by atoms with Crippen LogP contribution in [0.4, 0.5) is 21.7 Å². The first kappa shape index (κ1) is 16.9. The monoisotopic (exact) mass is 376 g/mol. The number of halogens is 1. The highest BCUT2D eigenvalue weighted by Gasteiger charge is 2.31. The summed E-state index contributed by atoms with van der Waals surface area (Å²) in [6.07, 6.45) is 4.98. The van der Waals surface area contributed by atoms with Crippen molar-refractivity contribution in [3.05, 3.63) is 48.8 Å². The van der Waals surface area contributed by atoms with Crippen molar-refractivity contribution in [2.24, 2.45) is 0 Å². The molecule has 1 unspecified atom stereocenters. The van der Waals surface area contributed by atoms with Gasteiger partial charge in [-0.05, 0) is 61.5 Å². The number of aromatic amines is 1. The molecular weight excluding hydrogens is 355 g/mol. The Labute approximate surface area is 161 Å². The highest BCUT2D eigenvalue weighted by atomic mass is 19.1. The number of fused-ring (bicyclic) bond motifs is 2. The first-order chi connectivity index (χ1) is 13.6. The number of H-pyrrole nitrogens is 1. The predicted molar refractivity (Wildman–Crippen MR) is 110 cm³/mol. The molecule has 1 atom stereocenters. The summed E-state index contributed by atoms with van der Waals surface area (Å²) in [5.41, 5.74) is 1.43. The van der Waals surface area contributed by atoms with E-state index in [0.717, 1.165) is 46.3 Å². The second kappa shape index (κ2) is 6.44. The Morgan fingerprint density at radius 3 is 3.00 bits per heavy atom. The fourth-order valence-electron chi connectivity index (χ4n) is 3.94. The van der Waals surface area contributed by atoms with Crippen molar-refractivity contribution in [1.29, 1.82) is 0 Å². The van der Waals surface area contributed by atoms with E-state index < -0.39 is 5.67 Å². The van der Waals surface area contributed by atoms with Crippen LogP contribution in [-0.2, 0) is 0 Å². The number of nitrogens with zero attached hydrogens (tertiary/aromatic N) is 4. The summed E-state index contributed by atoms with van der Waals surface area (Å²) in [5.74, 6) is 1.54. The number of pyridine rings is 2. The van der Waals surface area contributed by atoms with Crippen molar-refractivity contribution in [3.8, 4) is 0 Å². The summed E-state index contributed by atoms with van der Waals surface area (Å²) in [4.78, 5) is 11.0. The maximum atomic E-state index is 14.5. The number of piperidine rings is 1. The van der Waals surface area contributed by atoms with Crippen LogP contribution in [0.3, 0.4) is 0 Å². The maximum Gasteiger partial charge on any atom is 0.178 e. The van der Waals surface area contributed by atoms with Gasteiger partial charge in [0.05, 0.1) is 12.1 Å². The first-order valence-corrected chi connectivity index (χ1v) is 9.48. The lowest BCUT2D eigenvalue weighted by Crippen LogP contribution is -2.43. The van der Waals surface area contributed by atoms with E-state index in [9.17, 15) is 4.39 Å². The van der Waals surface area contributed by atoms with Crippen LogP contribution in [0.15, 0.2) is 48.8 Å². The molecule has 142 valence electrons. The Morgan fingerprint density at radius 1 is 1.18 bits per heavy atom. The lowest BCUT2D eigenvalue weighted by atomic mass is 9.96. The molecule has 28 heavy (non-hydrogen) atoms. The lowest BCUT2D eigenvalue weighted by Gasteiger charge is -2.36. The molecule has 6 nitrogen and oxygen atoms in total. The molecule has 0 spiro atoms. The van der Waals surface area contributed by atoms with Crippen LogP contribution in [0.25, 0.3) is 21.8 Å². The van der Waals surface area contributed by atoms with E-state index in [2.05, 4.69) is 36.4 Å². The van der Waals surface area contributed by atoms with E-state index in [1.807, 2.05) is 30.3 Å². The van der Waals surface area contributed by atoms with E-state index in [-0.39, 0.29) is 0 Å². The molecule has 1 saturated heterocycles. The minimum atomic E-state index is -1.17. The number of hydrogen-bond acceptors (Lipinski definition) is 5. The molecule has 0 radical (unpaired) electrons. The van der Waals surface area contributed by atoms with Gasteiger partial charge in [-0.25, -0.2) is 9.37 Å². The molecule has 0 amide bonds. The third-order valence-electron chi connectivity index (χ3n) is 5.27. The summed E-state index contributed by atoms with van der Waals surface area (Å²) in [7, 11) is 0. The zero-order valence-corrected chi connectivity index (χ0v) is 15.6. The molecule has 3 aromatic heterocycles. The van der Waals surface area contributed by atoms with Crippen LogP contribution in [-0.4, -0.2) is 38.9 Å². The average molecular weight is 376 g/mol. The van der Waals surface area contributed by atoms with Gasteiger partial charge >= 0.3 is 0 Å². The first-order valence-electron chi connectivity index (χ1n) is 9.48. The molecule has 1 fully saturated rings. The molecule has 1 aliphatic heterocycles. The van der Waals surface area contributed by atoms with E-state index in [0.29, 0.717) is 18.8 Å². The fourth-order valence-corrected chi connectivity index (χ4v) is 3.94. The summed E-state index contributed by atoms with van der Waals surface area (Å²) >= 11 is 0. The Balaban J connectivity index is 1.48. The van der Waals surface area contributed by atoms with Crippen LogP contribution >= 0.6 is 0 Å². The molecule has 1 aromatic carbocycles. The molecular formula is C21H21FN6. The number of rotatable bonds is 3. The van der Waals surface area contributed by atoms with Crippen LogP contribution in [0, 0.1) is 0 Å². The van der Waals surface area contributed by atoms with Crippen molar-refractivity contribution >= 4 is 39.1 Å². The van der Waals surface area contributed by atoms with E-state index >= 15 is 0 Å². The maximum absolute atomic E-state index is 14.5. The van der Waals surface area contributed by atoms with Gasteiger partial charge in [0.2, 0.25) is 0 Å². The van der Waals surface area contributed by atoms with Gasteiger partial charge in [0.25, 0.3) is 0 Å². The molecule has 7 heteroatoms. The second-order valence-corrected chi connectivity index (χ2v) is 7.61. The van der Waals surface area contributed by atoms with E-state index in [1.165, 1.54) is 0 Å². The normalized spacial score (nSPS) is 20.0. The molecule has 2 N–H and O–H groups in total. The predicted octanol–water partition coefficient (Wildman–Crippen LogP) is 4.58. The number of hydrogen-bond donors (Lipinski definition) is 2. The van der Waals surface area contributed by atoms with Gasteiger partial charge in [-0.3, -0.25) is 10.1 Å². The van der Waals surface area contributed by atoms with Gasteiger partial charge in [0.1, 0.15) is 17.0 Å².